The molecule has 110 valence electrons. The predicted molar refractivity (Wildman–Crippen MR) is 84.0 cm³/mol. The fourth-order valence-electron chi connectivity index (χ4n) is 3.68. The maximum atomic E-state index is 10.9. The number of rotatable bonds is 2. The fourth-order valence-corrected chi connectivity index (χ4v) is 4.54. The molecule has 1 aromatic heterocycles. The molecule has 7 heteroatoms. The molecule has 2 unspecified atom stereocenters. The van der Waals surface area contributed by atoms with Gasteiger partial charge in [-0.15, -0.1) is 0 Å². The lowest BCUT2D eigenvalue weighted by Crippen LogP contribution is -2.43. The van der Waals surface area contributed by atoms with Crippen molar-refractivity contribution in [2.45, 2.75) is 42.6 Å². The highest BCUT2D eigenvalue weighted by molar-refractivity contribution is 9.09. The molecular weight excluding hydrogens is 336 g/mol. The first-order valence-corrected chi connectivity index (χ1v) is 8.10. The Morgan fingerprint density at radius 2 is 2.05 bits per heavy atom. The highest BCUT2D eigenvalue weighted by atomic mass is 79.9. The molecule has 2 atom stereocenters. The average molecular weight is 351 g/mol. The third-order valence-electron chi connectivity index (χ3n) is 4.58. The molecule has 0 aliphatic carbocycles. The summed E-state index contributed by atoms with van der Waals surface area (Å²) in [6, 6.07) is 5.82. The van der Waals surface area contributed by atoms with Crippen LogP contribution in [-0.4, -0.2) is 31.8 Å². The highest BCUT2D eigenvalue weighted by Crippen LogP contribution is 2.40. The van der Waals surface area contributed by atoms with Crippen LogP contribution in [0.4, 0.5) is 11.6 Å². The molecule has 0 radical (unpaired) electrons. The van der Waals surface area contributed by atoms with Gasteiger partial charge in [0.25, 0.3) is 5.69 Å². The number of aromatic amines is 1. The average Bonchev–Trinajstić information content (AvgIpc) is 2.96. The summed E-state index contributed by atoms with van der Waals surface area (Å²) in [5, 5.41) is 10.9. The van der Waals surface area contributed by atoms with Gasteiger partial charge in [0.05, 0.1) is 16.0 Å². The largest absolute Gasteiger partial charge is 0.336 e. The molecule has 0 saturated carbocycles. The molecule has 0 spiro atoms. The first kappa shape index (κ1) is 13.1. The van der Waals surface area contributed by atoms with E-state index in [-0.39, 0.29) is 10.6 Å². The number of hydrogen-bond donors (Lipinski definition) is 1. The van der Waals surface area contributed by atoms with Crippen LogP contribution in [0, 0.1) is 10.1 Å². The van der Waals surface area contributed by atoms with Crippen molar-refractivity contribution in [1.82, 2.24) is 9.97 Å². The second kappa shape index (κ2) is 4.69. The summed E-state index contributed by atoms with van der Waals surface area (Å²) in [4.78, 5) is 21.4. The number of aromatic nitrogens is 2. The molecule has 2 fully saturated rings. The van der Waals surface area contributed by atoms with Gasteiger partial charge in [-0.05, 0) is 31.7 Å². The quantitative estimate of drug-likeness (QED) is 0.511. The topological polar surface area (TPSA) is 75.1 Å². The number of nitrogens with zero attached hydrogens (tertiary/aromatic N) is 3. The number of H-pyrrole nitrogens is 1. The van der Waals surface area contributed by atoms with Crippen LogP contribution in [0.1, 0.15) is 25.7 Å². The molecular formula is C14H15BrN4O2. The van der Waals surface area contributed by atoms with Gasteiger partial charge in [0.1, 0.15) is 0 Å². The molecule has 2 aliphatic heterocycles. The SMILES string of the molecule is O=[N+]([O-])c1ccc2nc(N3C4CCC3CC(Br)C4)[nH]c2c1. The summed E-state index contributed by atoms with van der Waals surface area (Å²) >= 11 is 3.74. The van der Waals surface area contributed by atoms with Crippen molar-refractivity contribution in [3.8, 4) is 0 Å². The normalized spacial score (nSPS) is 28.2. The van der Waals surface area contributed by atoms with Crippen molar-refractivity contribution >= 4 is 38.6 Å². The van der Waals surface area contributed by atoms with E-state index in [0.29, 0.717) is 16.9 Å². The number of halogens is 1. The Bertz CT molecular complexity index is 702. The van der Waals surface area contributed by atoms with Gasteiger partial charge in [0.2, 0.25) is 5.95 Å². The Kier molecular flexibility index (Phi) is 2.92. The van der Waals surface area contributed by atoms with Crippen molar-refractivity contribution in [2.24, 2.45) is 0 Å². The number of alkyl halides is 1. The van der Waals surface area contributed by atoms with Gasteiger partial charge in [-0.25, -0.2) is 4.98 Å². The number of nitrogens with one attached hydrogen (secondary N) is 1. The van der Waals surface area contributed by atoms with E-state index in [0.717, 1.165) is 29.8 Å². The second-order valence-corrected chi connectivity index (χ2v) is 7.17. The molecule has 2 bridgehead atoms. The van der Waals surface area contributed by atoms with E-state index < -0.39 is 0 Å². The standard InChI is InChI=1S/C14H15BrN4O2/c15-8-5-9-1-2-10(6-8)18(9)14-16-12-4-3-11(19(20)21)7-13(12)17-14/h3-4,7-10H,1-2,5-6H2,(H,16,17). The molecule has 2 aliphatic rings. The lowest BCUT2D eigenvalue weighted by atomic mass is 10.0. The van der Waals surface area contributed by atoms with Crippen molar-refractivity contribution in [2.75, 3.05) is 4.90 Å². The maximum Gasteiger partial charge on any atom is 0.271 e. The molecule has 2 saturated heterocycles. The number of anilines is 1. The summed E-state index contributed by atoms with van der Waals surface area (Å²) in [7, 11) is 0. The van der Waals surface area contributed by atoms with Gasteiger partial charge >= 0.3 is 0 Å². The number of imidazole rings is 1. The van der Waals surface area contributed by atoms with Crippen molar-refractivity contribution in [3.63, 3.8) is 0 Å². The van der Waals surface area contributed by atoms with Gasteiger partial charge < -0.3 is 9.88 Å². The lowest BCUT2D eigenvalue weighted by Gasteiger charge is -2.36. The van der Waals surface area contributed by atoms with Gasteiger partial charge in [-0.1, -0.05) is 15.9 Å². The van der Waals surface area contributed by atoms with Crippen LogP contribution in [0.2, 0.25) is 0 Å². The minimum absolute atomic E-state index is 0.0971. The molecule has 0 amide bonds. The van der Waals surface area contributed by atoms with Crippen LogP contribution in [0.15, 0.2) is 18.2 Å². The van der Waals surface area contributed by atoms with Crippen LogP contribution < -0.4 is 4.90 Å². The third kappa shape index (κ3) is 2.10. The van der Waals surface area contributed by atoms with E-state index >= 15 is 0 Å². The molecule has 1 N–H and O–H groups in total. The molecule has 6 nitrogen and oxygen atoms in total. The number of nitro benzene ring substituents is 1. The number of hydrogen-bond acceptors (Lipinski definition) is 4. The van der Waals surface area contributed by atoms with E-state index in [9.17, 15) is 10.1 Å². The summed E-state index contributed by atoms with van der Waals surface area (Å²) in [5.74, 6) is 0.859. The van der Waals surface area contributed by atoms with E-state index in [1.807, 2.05) is 0 Å². The molecule has 1 aromatic carbocycles. The predicted octanol–water partition coefficient (Wildman–Crippen LogP) is 3.37. The second-order valence-electron chi connectivity index (χ2n) is 5.88. The summed E-state index contributed by atoms with van der Waals surface area (Å²) in [5.41, 5.74) is 1.62. The first-order chi connectivity index (χ1) is 10.1. The zero-order valence-electron chi connectivity index (χ0n) is 11.3. The van der Waals surface area contributed by atoms with Gasteiger partial charge in [-0.2, -0.15) is 0 Å². The lowest BCUT2D eigenvalue weighted by molar-refractivity contribution is -0.384. The summed E-state index contributed by atoms with van der Waals surface area (Å²) < 4.78 is 0. The Hall–Kier alpha value is -1.63. The zero-order valence-corrected chi connectivity index (χ0v) is 12.9. The van der Waals surface area contributed by atoms with Gasteiger partial charge in [0.15, 0.2) is 0 Å². The number of fused-ring (bicyclic) bond motifs is 3. The number of nitro groups is 1. The van der Waals surface area contributed by atoms with E-state index in [1.165, 1.54) is 18.9 Å². The Morgan fingerprint density at radius 1 is 1.33 bits per heavy atom. The monoisotopic (exact) mass is 350 g/mol. The van der Waals surface area contributed by atoms with Crippen LogP contribution in [0.25, 0.3) is 11.0 Å². The highest BCUT2D eigenvalue weighted by Gasteiger charge is 2.41. The van der Waals surface area contributed by atoms with Crippen molar-refractivity contribution in [1.29, 1.82) is 0 Å². The summed E-state index contributed by atoms with van der Waals surface area (Å²) in [6.45, 7) is 0. The number of non-ortho nitro benzene ring substituents is 1. The zero-order chi connectivity index (χ0) is 14.6. The van der Waals surface area contributed by atoms with E-state index in [2.05, 4.69) is 30.8 Å². The first-order valence-electron chi connectivity index (χ1n) is 7.18. The Balaban J connectivity index is 1.73. The number of piperidine rings is 1. The number of benzene rings is 1. The Labute approximate surface area is 129 Å². The van der Waals surface area contributed by atoms with E-state index in [4.69, 9.17) is 0 Å². The minimum Gasteiger partial charge on any atom is -0.336 e. The molecule has 21 heavy (non-hydrogen) atoms. The Morgan fingerprint density at radius 3 is 2.71 bits per heavy atom. The molecule has 2 aromatic rings. The van der Waals surface area contributed by atoms with Gasteiger partial charge in [-0.3, -0.25) is 10.1 Å². The molecule has 4 rings (SSSR count). The van der Waals surface area contributed by atoms with Crippen LogP contribution >= 0.6 is 15.9 Å². The summed E-state index contributed by atoms with van der Waals surface area (Å²) in [6.07, 6.45) is 4.66. The smallest absolute Gasteiger partial charge is 0.271 e. The maximum absolute atomic E-state index is 10.9. The van der Waals surface area contributed by atoms with Crippen LogP contribution in [0.5, 0.6) is 0 Å². The third-order valence-corrected chi connectivity index (χ3v) is 5.33. The van der Waals surface area contributed by atoms with Crippen LogP contribution in [0.3, 0.4) is 0 Å². The molecule has 3 heterocycles. The van der Waals surface area contributed by atoms with Crippen molar-refractivity contribution in [3.05, 3.63) is 28.3 Å². The fraction of sp³-hybridized carbons (Fsp3) is 0.500. The minimum atomic E-state index is -0.375. The van der Waals surface area contributed by atoms with E-state index in [1.54, 1.807) is 12.1 Å². The van der Waals surface area contributed by atoms with Gasteiger partial charge in [0, 0.05) is 29.0 Å². The van der Waals surface area contributed by atoms with Crippen molar-refractivity contribution < 1.29 is 4.92 Å². The van der Waals surface area contributed by atoms with Crippen LogP contribution in [-0.2, 0) is 0 Å².